The van der Waals surface area contributed by atoms with Crippen LogP contribution in [0.2, 0.25) is 0 Å². The summed E-state index contributed by atoms with van der Waals surface area (Å²) >= 11 is 7.29. The number of benzene rings is 1. The molecule has 0 aromatic heterocycles. The first-order valence-corrected chi connectivity index (χ1v) is 9.24. The Morgan fingerprint density at radius 3 is 2.17 bits per heavy atom. The first-order valence-electron chi connectivity index (χ1n) is 7.41. The zero-order valence-corrected chi connectivity index (χ0v) is 15.0. The number of amides is 2. The number of hydrogen-bond donors (Lipinski definition) is 1. The second-order valence-corrected chi connectivity index (χ2v) is 8.49. The molecule has 1 aliphatic heterocycles. The summed E-state index contributed by atoms with van der Waals surface area (Å²) in [4.78, 5) is 38.4. The van der Waals surface area contributed by atoms with Crippen LogP contribution in [-0.2, 0) is 9.59 Å². The van der Waals surface area contributed by atoms with Crippen molar-refractivity contribution < 1.29 is 19.5 Å². The lowest BCUT2D eigenvalue weighted by Crippen LogP contribution is -2.37. The molecule has 1 aromatic rings. The van der Waals surface area contributed by atoms with Gasteiger partial charge in [0.2, 0.25) is 11.8 Å². The van der Waals surface area contributed by atoms with E-state index < -0.39 is 5.97 Å². The van der Waals surface area contributed by atoms with E-state index in [1.165, 1.54) is 17.0 Å². The molecule has 3 fully saturated rings. The van der Waals surface area contributed by atoms with E-state index in [2.05, 4.69) is 31.9 Å². The number of aromatic carboxylic acids is 1. The van der Waals surface area contributed by atoms with Crippen LogP contribution in [0, 0.1) is 23.7 Å². The number of alkyl halides is 2. The van der Waals surface area contributed by atoms with Crippen molar-refractivity contribution >= 4 is 55.3 Å². The van der Waals surface area contributed by atoms with Crippen LogP contribution in [0.1, 0.15) is 16.8 Å². The number of carbonyl (C=O) groups is 3. The highest BCUT2D eigenvalue weighted by Crippen LogP contribution is 2.60. The fourth-order valence-corrected chi connectivity index (χ4v) is 6.25. The molecule has 2 saturated carbocycles. The van der Waals surface area contributed by atoms with Gasteiger partial charge >= 0.3 is 5.97 Å². The maximum atomic E-state index is 12.8. The summed E-state index contributed by atoms with van der Waals surface area (Å²) in [5.74, 6) is -1.75. The van der Waals surface area contributed by atoms with E-state index in [-0.39, 0.29) is 50.7 Å². The number of carboxylic acids is 1. The standard InChI is InChI=1S/C16H13Br2NO4/c17-12-8-5-9(13(12)18)11-10(8)14(20)19(15(11)21)7-3-1-2-6(4-7)16(22)23/h1-4,8-13H,5H2,(H,22,23)/t8-,9+,10-,11-,12-,13+/m0/s1. The van der Waals surface area contributed by atoms with E-state index in [0.29, 0.717) is 5.69 Å². The van der Waals surface area contributed by atoms with Crippen LogP contribution in [0.25, 0.3) is 0 Å². The predicted octanol–water partition coefficient (Wildman–Crippen LogP) is 2.67. The number of rotatable bonds is 2. The number of nitrogens with zero attached hydrogens (tertiary/aromatic N) is 1. The quantitative estimate of drug-likeness (QED) is 0.564. The number of hydrogen-bond acceptors (Lipinski definition) is 3. The maximum absolute atomic E-state index is 12.8. The highest BCUT2D eigenvalue weighted by molar-refractivity contribution is 9.12. The summed E-state index contributed by atoms with van der Waals surface area (Å²) < 4.78 is 0. The van der Waals surface area contributed by atoms with Crippen LogP contribution in [0.15, 0.2) is 24.3 Å². The van der Waals surface area contributed by atoms with E-state index in [4.69, 9.17) is 5.11 Å². The van der Waals surface area contributed by atoms with Gasteiger partial charge in [0.15, 0.2) is 0 Å². The molecule has 0 spiro atoms. The predicted molar refractivity (Wildman–Crippen MR) is 89.9 cm³/mol. The fourth-order valence-electron chi connectivity index (χ4n) is 4.38. The van der Waals surface area contributed by atoms with Gasteiger partial charge in [0.25, 0.3) is 0 Å². The Bertz CT molecular complexity index is 705. The van der Waals surface area contributed by atoms with Gasteiger partial charge in [-0.3, -0.25) is 14.5 Å². The van der Waals surface area contributed by atoms with E-state index >= 15 is 0 Å². The molecule has 2 aliphatic carbocycles. The number of carbonyl (C=O) groups excluding carboxylic acids is 2. The molecule has 1 heterocycles. The van der Waals surface area contributed by atoms with Crippen LogP contribution >= 0.6 is 31.9 Å². The smallest absolute Gasteiger partial charge is 0.335 e. The molecule has 23 heavy (non-hydrogen) atoms. The third-order valence-corrected chi connectivity index (χ3v) is 8.55. The first-order chi connectivity index (χ1) is 10.9. The lowest BCUT2D eigenvalue weighted by molar-refractivity contribution is -0.123. The minimum Gasteiger partial charge on any atom is -0.478 e. The molecule has 6 atom stereocenters. The van der Waals surface area contributed by atoms with E-state index in [0.717, 1.165) is 6.42 Å². The lowest BCUT2D eigenvalue weighted by Gasteiger charge is -2.28. The molecule has 1 N–H and O–H groups in total. The zero-order valence-electron chi connectivity index (χ0n) is 11.9. The third kappa shape index (κ3) is 1.99. The number of fused-ring (bicyclic) bond motifs is 5. The van der Waals surface area contributed by atoms with Gasteiger partial charge in [-0.1, -0.05) is 37.9 Å². The zero-order chi connectivity index (χ0) is 16.5. The molecule has 2 bridgehead atoms. The lowest BCUT2D eigenvalue weighted by atomic mass is 9.81. The van der Waals surface area contributed by atoms with Gasteiger partial charge in [0.05, 0.1) is 23.1 Å². The normalized spacial score (nSPS) is 38.3. The van der Waals surface area contributed by atoms with E-state index in [1.807, 2.05) is 0 Å². The number of anilines is 1. The van der Waals surface area contributed by atoms with Gasteiger partial charge in [0.1, 0.15) is 0 Å². The van der Waals surface area contributed by atoms with Crippen molar-refractivity contribution in [3.63, 3.8) is 0 Å². The Hall–Kier alpha value is -1.21. The Balaban J connectivity index is 1.73. The van der Waals surface area contributed by atoms with Crippen LogP contribution in [-0.4, -0.2) is 32.5 Å². The molecule has 0 unspecified atom stereocenters. The number of carboxylic acid groups (broad SMARTS) is 1. The van der Waals surface area contributed by atoms with Crippen molar-refractivity contribution in [2.24, 2.45) is 23.7 Å². The molecule has 120 valence electrons. The maximum Gasteiger partial charge on any atom is 0.335 e. The molecule has 2 amide bonds. The van der Waals surface area contributed by atoms with Crippen molar-refractivity contribution in [1.82, 2.24) is 0 Å². The third-order valence-electron chi connectivity index (χ3n) is 5.34. The van der Waals surface area contributed by atoms with Crippen molar-refractivity contribution in [2.45, 2.75) is 16.1 Å². The fraction of sp³-hybridized carbons (Fsp3) is 0.438. The molecule has 1 aromatic carbocycles. The van der Waals surface area contributed by atoms with E-state index in [1.54, 1.807) is 12.1 Å². The first kappa shape index (κ1) is 15.3. The Morgan fingerprint density at radius 2 is 1.65 bits per heavy atom. The van der Waals surface area contributed by atoms with Crippen molar-refractivity contribution in [3.05, 3.63) is 29.8 Å². The second-order valence-electron chi connectivity index (χ2n) is 6.37. The van der Waals surface area contributed by atoms with Gasteiger partial charge < -0.3 is 5.11 Å². The Morgan fingerprint density at radius 1 is 1.09 bits per heavy atom. The summed E-state index contributed by atoms with van der Waals surface area (Å²) in [7, 11) is 0. The van der Waals surface area contributed by atoms with Crippen molar-refractivity contribution in [1.29, 1.82) is 0 Å². The van der Waals surface area contributed by atoms with Gasteiger partial charge in [0, 0.05) is 9.65 Å². The van der Waals surface area contributed by atoms with E-state index in [9.17, 15) is 14.4 Å². The molecule has 1 saturated heterocycles. The molecule has 4 rings (SSSR count). The second kappa shape index (κ2) is 5.14. The Labute approximate surface area is 149 Å². The van der Waals surface area contributed by atoms with Crippen LogP contribution < -0.4 is 4.90 Å². The van der Waals surface area contributed by atoms with Gasteiger partial charge in [-0.15, -0.1) is 0 Å². The summed E-state index contributed by atoms with van der Waals surface area (Å²) in [5, 5.41) is 9.11. The number of halogens is 2. The molecule has 7 heteroatoms. The van der Waals surface area contributed by atoms with Gasteiger partial charge in [-0.25, -0.2) is 4.79 Å². The molecular formula is C16H13Br2NO4. The van der Waals surface area contributed by atoms with Crippen molar-refractivity contribution in [2.75, 3.05) is 4.90 Å². The monoisotopic (exact) mass is 441 g/mol. The summed E-state index contributed by atoms with van der Waals surface area (Å²) in [6.45, 7) is 0. The topological polar surface area (TPSA) is 74.7 Å². The van der Waals surface area contributed by atoms with Crippen LogP contribution in [0.5, 0.6) is 0 Å². The summed E-state index contributed by atoms with van der Waals surface area (Å²) in [6, 6.07) is 6.01. The van der Waals surface area contributed by atoms with Crippen molar-refractivity contribution in [3.8, 4) is 0 Å². The van der Waals surface area contributed by atoms with Crippen LogP contribution in [0.4, 0.5) is 5.69 Å². The van der Waals surface area contributed by atoms with Crippen LogP contribution in [0.3, 0.4) is 0 Å². The molecular weight excluding hydrogens is 430 g/mol. The number of imide groups is 1. The Kier molecular flexibility index (Phi) is 3.43. The van der Waals surface area contributed by atoms with Gasteiger partial charge in [-0.2, -0.15) is 0 Å². The highest BCUT2D eigenvalue weighted by atomic mass is 79.9. The molecule has 3 aliphatic rings. The summed E-state index contributed by atoms with van der Waals surface area (Å²) in [6.07, 6.45) is 0.877. The highest BCUT2D eigenvalue weighted by Gasteiger charge is 2.66. The molecule has 5 nitrogen and oxygen atoms in total. The minimum absolute atomic E-state index is 0.0693. The van der Waals surface area contributed by atoms with Gasteiger partial charge in [-0.05, 0) is 36.5 Å². The average Bonchev–Trinajstić information content (AvgIpc) is 3.12. The summed E-state index contributed by atoms with van der Waals surface area (Å²) in [5.41, 5.74) is 0.422. The molecule has 0 radical (unpaired) electrons. The average molecular weight is 443 g/mol. The SMILES string of the molecule is O=C(O)c1cccc(N2C(=O)[C@H]3[C@@H]4C[C@@H]([C@@H](Br)[C@H]4Br)[C@@H]3C2=O)c1. The minimum atomic E-state index is -1.08. The largest absolute Gasteiger partial charge is 0.478 e.